The number of nitrogens with two attached hydrogens (primary N) is 1. The number of unbranched alkanes of at least 4 members (excludes halogenated alkanes) is 3. The molecule has 1 rings (SSSR count). The van der Waals surface area contributed by atoms with Gasteiger partial charge in [0.25, 0.3) is 0 Å². The van der Waals surface area contributed by atoms with E-state index in [1.54, 1.807) is 10.9 Å². The van der Waals surface area contributed by atoms with Crippen molar-refractivity contribution in [1.82, 2.24) is 9.78 Å². The Kier molecular flexibility index (Phi) is 6.14. The Bertz CT molecular complexity index is 442. The molecule has 1 heterocycles. The number of aromatic nitrogens is 2. The lowest BCUT2D eigenvalue weighted by atomic mass is 10.2. The minimum atomic E-state index is -3.30. The highest BCUT2D eigenvalue weighted by Gasteiger charge is 2.02. The highest BCUT2D eigenvalue weighted by Crippen LogP contribution is 2.09. The van der Waals surface area contributed by atoms with E-state index in [2.05, 4.69) is 5.10 Å². The predicted octanol–water partition coefficient (Wildman–Crippen LogP) is 1.13. The van der Waals surface area contributed by atoms with Crippen LogP contribution >= 0.6 is 0 Å². The van der Waals surface area contributed by atoms with Crippen LogP contribution in [0.15, 0.2) is 12.4 Å². The minimum Gasteiger partial charge on any atom is -0.490 e. The number of nitrogens with zero attached hydrogens (tertiary/aromatic N) is 2. The molecular formula is C11H21N3O3S. The van der Waals surface area contributed by atoms with Crippen molar-refractivity contribution in [2.75, 3.05) is 12.4 Å². The molecule has 0 aliphatic carbocycles. The summed E-state index contributed by atoms with van der Waals surface area (Å²) in [6.07, 6.45) is 6.88. The lowest BCUT2D eigenvalue weighted by Gasteiger charge is -2.03. The lowest BCUT2D eigenvalue weighted by Crippen LogP contribution is -2.16. The second-order valence-electron chi connectivity index (χ2n) is 4.16. The van der Waals surface area contributed by atoms with Gasteiger partial charge in [0.05, 0.1) is 24.8 Å². The molecule has 0 saturated heterocycles. The summed E-state index contributed by atoms with van der Waals surface area (Å²) in [4.78, 5) is 0. The minimum absolute atomic E-state index is 0.0666. The molecule has 0 fully saturated rings. The molecular weight excluding hydrogens is 254 g/mol. The highest BCUT2D eigenvalue weighted by atomic mass is 32.2. The zero-order valence-electron chi connectivity index (χ0n) is 10.7. The average Bonchev–Trinajstić information content (AvgIpc) is 2.74. The van der Waals surface area contributed by atoms with Gasteiger partial charge in [0.1, 0.15) is 0 Å². The number of hydrogen-bond donors (Lipinski definition) is 1. The molecule has 1 aromatic heterocycles. The van der Waals surface area contributed by atoms with Crippen molar-refractivity contribution in [1.29, 1.82) is 0 Å². The summed E-state index contributed by atoms with van der Waals surface area (Å²) in [6.45, 7) is 3.48. The van der Waals surface area contributed by atoms with Gasteiger partial charge in [0.15, 0.2) is 5.75 Å². The zero-order valence-corrected chi connectivity index (χ0v) is 11.5. The fourth-order valence-electron chi connectivity index (χ4n) is 1.54. The molecule has 1 aromatic rings. The molecule has 0 aliphatic rings. The standard InChI is InChI=1S/C11H21N3O3S/c1-2-14-10-11(9-13-14)17-7-5-3-4-6-8-18(12,15)16/h9-10H,2-8H2,1H3,(H2,12,15,16). The van der Waals surface area contributed by atoms with Crippen molar-refractivity contribution in [3.63, 3.8) is 0 Å². The van der Waals surface area contributed by atoms with Crippen molar-refractivity contribution in [2.24, 2.45) is 5.14 Å². The van der Waals surface area contributed by atoms with Gasteiger partial charge in [-0.15, -0.1) is 0 Å². The Balaban J connectivity index is 2.02. The van der Waals surface area contributed by atoms with E-state index in [0.717, 1.165) is 31.6 Å². The van der Waals surface area contributed by atoms with E-state index in [1.807, 2.05) is 13.1 Å². The summed E-state index contributed by atoms with van der Waals surface area (Å²) in [6, 6.07) is 0. The van der Waals surface area contributed by atoms with Crippen LogP contribution in [0.3, 0.4) is 0 Å². The molecule has 6 nitrogen and oxygen atoms in total. The van der Waals surface area contributed by atoms with Gasteiger partial charge in [-0.3, -0.25) is 4.68 Å². The van der Waals surface area contributed by atoms with Crippen LogP contribution in [0.4, 0.5) is 0 Å². The first-order valence-corrected chi connectivity index (χ1v) is 7.88. The molecule has 0 atom stereocenters. The molecule has 2 N–H and O–H groups in total. The van der Waals surface area contributed by atoms with Gasteiger partial charge in [-0.1, -0.05) is 12.8 Å². The summed E-state index contributed by atoms with van der Waals surface area (Å²) in [7, 11) is -3.30. The number of sulfonamides is 1. The van der Waals surface area contributed by atoms with E-state index < -0.39 is 10.0 Å². The number of primary sulfonamides is 1. The maximum atomic E-state index is 10.7. The van der Waals surface area contributed by atoms with E-state index in [-0.39, 0.29) is 5.75 Å². The quantitative estimate of drug-likeness (QED) is 0.684. The lowest BCUT2D eigenvalue weighted by molar-refractivity contribution is 0.304. The van der Waals surface area contributed by atoms with Gasteiger partial charge in [-0.25, -0.2) is 13.6 Å². The van der Waals surface area contributed by atoms with Gasteiger partial charge in [-0.05, 0) is 19.8 Å². The first-order valence-electron chi connectivity index (χ1n) is 6.17. The Morgan fingerprint density at radius 1 is 1.33 bits per heavy atom. The SMILES string of the molecule is CCn1cc(OCCCCCCS(N)(=O)=O)cn1. The van der Waals surface area contributed by atoms with E-state index in [4.69, 9.17) is 9.88 Å². The Hall–Kier alpha value is -1.08. The summed E-state index contributed by atoms with van der Waals surface area (Å²) in [5, 5.41) is 9.01. The van der Waals surface area contributed by atoms with Crippen LogP contribution in [0.2, 0.25) is 0 Å². The number of rotatable bonds is 9. The fraction of sp³-hybridized carbons (Fsp3) is 0.727. The van der Waals surface area contributed by atoms with Gasteiger partial charge >= 0.3 is 0 Å². The first kappa shape index (κ1) is 15.0. The van der Waals surface area contributed by atoms with Crippen LogP contribution in [-0.2, 0) is 16.6 Å². The van der Waals surface area contributed by atoms with Crippen molar-refractivity contribution >= 4 is 10.0 Å². The maximum absolute atomic E-state index is 10.7. The second-order valence-corrected chi connectivity index (χ2v) is 5.90. The van der Waals surface area contributed by atoms with E-state index in [1.165, 1.54) is 0 Å². The molecule has 7 heteroatoms. The second kappa shape index (κ2) is 7.38. The molecule has 0 spiro atoms. The van der Waals surface area contributed by atoms with Crippen LogP contribution in [-0.4, -0.2) is 30.6 Å². The van der Waals surface area contributed by atoms with E-state index in [0.29, 0.717) is 13.0 Å². The Morgan fingerprint density at radius 3 is 2.67 bits per heavy atom. The number of aryl methyl sites for hydroxylation is 1. The fourth-order valence-corrected chi connectivity index (χ4v) is 2.15. The van der Waals surface area contributed by atoms with Crippen molar-refractivity contribution < 1.29 is 13.2 Å². The van der Waals surface area contributed by atoms with Gasteiger partial charge in [0.2, 0.25) is 10.0 Å². The number of hydrogen-bond acceptors (Lipinski definition) is 4. The van der Waals surface area contributed by atoms with Gasteiger partial charge in [0, 0.05) is 6.54 Å². The smallest absolute Gasteiger partial charge is 0.209 e. The maximum Gasteiger partial charge on any atom is 0.209 e. The largest absolute Gasteiger partial charge is 0.490 e. The third kappa shape index (κ3) is 6.61. The normalized spacial score (nSPS) is 11.7. The summed E-state index contributed by atoms with van der Waals surface area (Å²) in [5.41, 5.74) is 0. The Labute approximate surface area is 108 Å². The molecule has 104 valence electrons. The molecule has 0 bridgehead atoms. The average molecular weight is 275 g/mol. The van der Waals surface area contributed by atoms with Crippen LogP contribution < -0.4 is 9.88 Å². The first-order chi connectivity index (χ1) is 8.51. The summed E-state index contributed by atoms with van der Waals surface area (Å²) < 4.78 is 28.7. The monoisotopic (exact) mass is 275 g/mol. The van der Waals surface area contributed by atoms with Crippen molar-refractivity contribution in [3.8, 4) is 5.75 Å². The highest BCUT2D eigenvalue weighted by molar-refractivity contribution is 7.89. The van der Waals surface area contributed by atoms with Crippen LogP contribution in [0, 0.1) is 0 Å². The van der Waals surface area contributed by atoms with Crippen LogP contribution in [0.25, 0.3) is 0 Å². The molecule has 0 unspecified atom stereocenters. The Morgan fingerprint density at radius 2 is 2.06 bits per heavy atom. The number of ether oxygens (including phenoxy) is 1. The third-order valence-electron chi connectivity index (χ3n) is 2.53. The van der Waals surface area contributed by atoms with Crippen molar-refractivity contribution in [3.05, 3.63) is 12.4 Å². The third-order valence-corrected chi connectivity index (χ3v) is 3.38. The molecule has 0 aromatic carbocycles. The van der Waals surface area contributed by atoms with E-state index in [9.17, 15) is 8.42 Å². The predicted molar refractivity (Wildman–Crippen MR) is 69.8 cm³/mol. The van der Waals surface area contributed by atoms with Gasteiger partial charge in [-0.2, -0.15) is 5.10 Å². The summed E-state index contributed by atoms with van der Waals surface area (Å²) >= 11 is 0. The van der Waals surface area contributed by atoms with Crippen LogP contribution in [0.1, 0.15) is 32.6 Å². The van der Waals surface area contributed by atoms with Crippen molar-refractivity contribution in [2.45, 2.75) is 39.2 Å². The summed E-state index contributed by atoms with van der Waals surface area (Å²) in [5.74, 6) is 0.846. The van der Waals surface area contributed by atoms with Gasteiger partial charge < -0.3 is 4.74 Å². The van der Waals surface area contributed by atoms with Crippen LogP contribution in [0.5, 0.6) is 5.75 Å². The molecule has 0 aliphatic heterocycles. The molecule has 0 saturated carbocycles. The van der Waals surface area contributed by atoms with E-state index >= 15 is 0 Å². The zero-order chi connectivity index (χ0) is 13.4. The molecule has 0 radical (unpaired) electrons. The molecule has 0 amide bonds. The topological polar surface area (TPSA) is 87.2 Å². The molecule has 18 heavy (non-hydrogen) atoms.